The van der Waals surface area contributed by atoms with Crippen LogP contribution >= 0.6 is 0 Å². The molecular weight excluding hydrogens is 352 g/mol. The molecule has 0 fully saturated rings. The van der Waals surface area contributed by atoms with Crippen molar-refractivity contribution in [3.05, 3.63) is 21.7 Å². The first-order chi connectivity index (χ1) is 9.63. The Bertz CT molecular complexity index is 713. The largest absolute Gasteiger partial charge is 0.573 e. The van der Waals surface area contributed by atoms with Crippen molar-refractivity contribution in [1.82, 2.24) is 4.98 Å². The monoisotopic (exact) mass is 355 g/mol. The summed E-state index contributed by atoms with van der Waals surface area (Å²) in [6.07, 6.45) is -11.3. The molecule has 124 valence electrons. The van der Waals surface area contributed by atoms with Crippen LogP contribution in [0.25, 0.3) is 0 Å². The summed E-state index contributed by atoms with van der Waals surface area (Å²) in [5.74, 6) is -4.36. The van der Waals surface area contributed by atoms with Gasteiger partial charge in [0.05, 0.1) is 0 Å². The zero-order valence-corrected chi connectivity index (χ0v) is 10.6. The molecule has 22 heavy (non-hydrogen) atoms. The predicted molar refractivity (Wildman–Crippen MR) is 53.9 cm³/mol. The molecule has 0 spiro atoms. The maximum absolute atomic E-state index is 12.7. The van der Waals surface area contributed by atoms with Crippen molar-refractivity contribution in [1.29, 1.82) is 0 Å². The number of alkyl halides is 6. The average Bonchev–Trinajstić information content (AvgIpc) is 2.22. The first-order valence-electron chi connectivity index (χ1n) is 4.68. The number of rotatable bonds is 3. The average molecular weight is 355 g/mol. The molecule has 1 heterocycles. The Labute approximate surface area is 116 Å². The summed E-state index contributed by atoms with van der Waals surface area (Å²) in [6.45, 7) is 0. The number of halogens is 6. The van der Waals surface area contributed by atoms with E-state index < -0.39 is 49.6 Å². The minimum absolute atomic E-state index is 0.307. The molecule has 1 rings (SSSR count). The van der Waals surface area contributed by atoms with Crippen molar-refractivity contribution in [2.45, 2.75) is 17.6 Å². The van der Waals surface area contributed by atoms with E-state index in [2.05, 4.69) is 14.9 Å². The number of ether oxygens (including phenoxy) is 1. The number of hydrogen-bond donors (Lipinski definition) is 1. The lowest BCUT2D eigenvalue weighted by Gasteiger charge is -2.15. The van der Waals surface area contributed by atoms with E-state index >= 15 is 0 Å². The van der Waals surface area contributed by atoms with Gasteiger partial charge in [-0.1, -0.05) is 0 Å². The summed E-state index contributed by atoms with van der Waals surface area (Å²) in [4.78, 5) is 11.2. The summed E-state index contributed by atoms with van der Waals surface area (Å²) < 4.78 is 99.4. The molecule has 0 aromatic carbocycles. The molecular formula is C7H3F6N3O5S. The van der Waals surface area contributed by atoms with Gasteiger partial charge in [0.2, 0.25) is 0 Å². The molecule has 0 radical (unpaired) electrons. The lowest BCUT2D eigenvalue weighted by atomic mass is 10.2. The molecule has 0 aliphatic rings. The van der Waals surface area contributed by atoms with Crippen LogP contribution in [0.2, 0.25) is 0 Å². The second kappa shape index (κ2) is 5.24. The molecule has 8 nitrogen and oxygen atoms in total. The molecule has 0 saturated carbocycles. The van der Waals surface area contributed by atoms with Crippen LogP contribution in [0, 0.1) is 10.1 Å². The Balaban J connectivity index is 3.83. The van der Waals surface area contributed by atoms with Crippen LogP contribution in [0.4, 0.5) is 32.2 Å². The molecule has 1 aromatic rings. The lowest BCUT2D eigenvalue weighted by molar-refractivity contribution is -0.393. The van der Waals surface area contributed by atoms with Gasteiger partial charge in [-0.05, 0) is 9.91 Å². The fourth-order valence-electron chi connectivity index (χ4n) is 1.24. The lowest BCUT2D eigenvalue weighted by Crippen LogP contribution is -2.23. The third-order valence-corrected chi connectivity index (χ3v) is 2.71. The van der Waals surface area contributed by atoms with E-state index in [1.807, 2.05) is 0 Å². The Morgan fingerprint density at radius 2 is 1.73 bits per heavy atom. The van der Waals surface area contributed by atoms with E-state index in [1.54, 1.807) is 0 Å². The van der Waals surface area contributed by atoms with Gasteiger partial charge in [-0.3, -0.25) is 0 Å². The van der Waals surface area contributed by atoms with Crippen molar-refractivity contribution in [3.8, 4) is 5.75 Å². The van der Waals surface area contributed by atoms with Crippen molar-refractivity contribution < 1.29 is 44.4 Å². The highest BCUT2D eigenvalue weighted by Crippen LogP contribution is 2.43. The van der Waals surface area contributed by atoms with E-state index in [4.69, 9.17) is 0 Å². The zero-order valence-electron chi connectivity index (χ0n) is 9.77. The zero-order chi connectivity index (χ0) is 17.5. The molecule has 2 N–H and O–H groups in total. The molecule has 0 unspecified atom stereocenters. The van der Waals surface area contributed by atoms with E-state index in [0.717, 1.165) is 0 Å². The number of primary sulfonamides is 1. The van der Waals surface area contributed by atoms with Crippen LogP contribution in [0.15, 0.2) is 11.1 Å². The van der Waals surface area contributed by atoms with Gasteiger partial charge in [-0.2, -0.15) is 13.2 Å². The molecule has 0 bridgehead atoms. The van der Waals surface area contributed by atoms with E-state index in [9.17, 15) is 44.9 Å². The van der Waals surface area contributed by atoms with Gasteiger partial charge in [0.15, 0.2) is 11.3 Å². The van der Waals surface area contributed by atoms with Crippen LogP contribution in [0.1, 0.15) is 5.56 Å². The topological polar surface area (TPSA) is 125 Å². The van der Waals surface area contributed by atoms with E-state index in [-0.39, 0.29) is 6.07 Å². The van der Waals surface area contributed by atoms with Gasteiger partial charge in [-0.15, -0.1) is 13.2 Å². The second-order valence-electron chi connectivity index (χ2n) is 3.50. The first-order valence-corrected chi connectivity index (χ1v) is 6.22. The fourth-order valence-corrected chi connectivity index (χ4v) is 1.72. The first kappa shape index (κ1) is 17.9. The third kappa shape index (κ3) is 4.17. The normalized spacial score (nSPS) is 13.0. The van der Waals surface area contributed by atoms with Crippen molar-refractivity contribution >= 4 is 15.8 Å². The van der Waals surface area contributed by atoms with Gasteiger partial charge in [0, 0.05) is 6.07 Å². The van der Waals surface area contributed by atoms with Gasteiger partial charge in [0.25, 0.3) is 15.0 Å². The number of aromatic nitrogens is 1. The van der Waals surface area contributed by atoms with Crippen LogP contribution in [-0.4, -0.2) is 24.7 Å². The highest BCUT2D eigenvalue weighted by molar-refractivity contribution is 7.89. The molecule has 0 amide bonds. The highest BCUT2D eigenvalue weighted by Gasteiger charge is 2.47. The van der Waals surface area contributed by atoms with Crippen LogP contribution in [-0.2, 0) is 16.2 Å². The van der Waals surface area contributed by atoms with Gasteiger partial charge >= 0.3 is 18.4 Å². The Kier molecular flexibility index (Phi) is 4.26. The third-order valence-electron chi connectivity index (χ3n) is 1.91. The highest BCUT2D eigenvalue weighted by atomic mass is 32.2. The smallest absolute Gasteiger partial charge is 0.405 e. The van der Waals surface area contributed by atoms with Crippen LogP contribution < -0.4 is 9.88 Å². The van der Waals surface area contributed by atoms with E-state index in [0.29, 0.717) is 0 Å². The number of sulfonamides is 1. The molecule has 1 aromatic heterocycles. The number of nitrogens with zero attached hydrogens (tertiary/aromatic N) is 2. The number of pyridine rings is 1. The minimum Gasteiger partial charge on any atom is -0.405 e. The maximum Gasteiger partial charge on any atom is 0.573 e. The maximum atomic E-state index is 12.7. The summed E-state index contributed by atoms with van der Waals surface area (Å²) in [5.41, 5.74) is -2.50. The van der Waals surface area contributed by atoms with Gasteiger partial charge < -0.3 is 14.9 Å². The Morgan fingerprint density at radius 1 is 1.23 bits per heavy atom. The van der Waals surface area contributed by atoms with Crippen LogP contribution in [0.3, 0.4) is 0 Å². The Hall–Kier alpha value is -2.16. The summed E-state index contributed by atoms with van der Waals surface area (Å²) >= 11 is 0. The number of nitro groups is 1. The summed E-state index contributed by atoms with van der Waals surface area (Å²) in [5, 5.41) is 13.4. The standard InChI is InChI=1S/C7H3F6N3O5S/c8-6(9,10)4-2(21-7(11,12)13)1-3(22(14,19)20)15-5(4)16(17)18/h1H,(H2,14,19,20). The number of nitrogens with two attached hydrogens (primary N) is 1. The van der Waals surface area contributed by atoms with Gasteiger partial charge in [0.1, 0.15) is 0 Å². The SMILES string of the molecule is NS(=O)(=O)c1cc(OC(F)(F)F)c(C(F)(F)F)c([N+](=O)[O-])n1. The number of hydrogen-bond acceptors (Lipinski definition) is 6. The molecule has 0 aliphatic carbocycles. The van der Waals surface area contributed by atoms with Gasteiger partial charge in [-0.25, -0.2) is 13.6 Å². The minimum atomic E-state index is -5.68. The molecule has 0 saturated heterocycles. The van der Waals surface area contributed by atoms with Crippen molar-refractivity contribution in [2.24, 2.45) is 5.14 Å². The van der Waals surface area contributed by atoms with Crippen LogP contribution in [0.5, 0.6) is 5.75 Å². The molecule has 0 aliphatic heterocycles. The predicted octanol–water partition coefficient (Wildman–Crippen LogP) is 1.55. The van der Waals surface area contributed by atoms with Crippen molar-refractivity contribution in [3.63, 3.8) is 0 Å². The quantitative estimate of drug-likeness (QED) is 0.498. The van der Waals surface area contributed by atoms with Crippen molar-refractivity contribution in [2.75, 3.05) is 0 Å². The second-order valence-corrected chi connectivity index (χ2v) is 5.01. The molecule has 0 atom stereocenters. The Morgan fingerprint density at radius 3 is 2.05 bits per heavy atom. The fraction of sp³-hybridized carbons (Fsp3) is 0.286. The summed E-state index contributed by atoms with van der Waals surface area (Å²) in [7, 11) is -4.93. The molecule has 15 heteroatoms. The van der Waals surface area contributed by atoms with E-state index in [1.165, 1.54) is 0 Å². The summed E-state index contributed by atoms with van der Waals surface area (Å²) in [6, 6.07) is -0.307.